The van der Waals surface area contributed by atoms with Crippen molar-refractivity contribution in [2.45, 2.75) is 31.3 Å². The number of benzene rings is 1. The molecule has 2 unspecified atom stereocenters. The minimum Gasteiger partial charge on any atom is -0.352 e. The van der Waals surface area contributed by atoms with Gasteiger partial charge in [0, 0.05) is 18.5 Å². The molecule has 20 heavy (non-hydrogen) atoms. The highest BCUT2D eigenvalue weighted by Crippen LogP contribution is 2.10. The summed E-state index contributed by atoms with van der Waals surface area (Å²) >= 11 is 0. The summed E-state index contributed by atoms with van der Waals surface area (Å²) in [4.78, 5) is 11.7. The molecule has 0 aliphatic carbocycles. The van der Waals surface area contributed by atoms with Crippen LogP contribution >= 0.6 is 12.4 Å². The molecule has 0 fully saturated rings. The standard InChI is InChI=1S/C12H19N3O3S.ClH/c1-8(9(2)13)12(16)15-7-10-4-3-5-11(6-10)19(14,17)18;/h3-6,8-9H,7,13H2,1-2H3,(H,15,16)(H2,14,17,18);1H. The molecule has 8 heteroatoms. The number of sulfonamides is 1. The van der Waals surface area contributed by atoms with E-state index in [2.05, 4.69) is 5.32 Å². The summed E-state index contributed by atoms with van der Waals surface area (Å²) < 4.78 is 22.4. The minimum atomic E-state index is -3.73. The maximum Gasteiger partial charge on any atom is 0.238 e. The number of carbonyl (C=O) groups is 1. The highest BCUT2D eigenvalue weighted by Gasteiger charge is 2.16. The number of hydrogen-bond donors (Lipinski definition) is 3. The van der Waals surface area contributed by atoms with Gasteiger partial charge in [0.25, 0.3) is 0 Å². The smallest absolute Gasteiger partial charge is 0.238 e. The average Bonchev–Trinajstić information content (AvgIpc) is 2.34. The zero-order chi connectivity index (χ0) is 14.6. The first kappa shape index (κ1) is 18.9. The largest absolute Gasteiger partial charge is 0.352 e. The fourth-order valence-electron chi connectivity index (χ4n) is 1.42. The zero-order valence-corrected chi connectivity index (χ0v) is 13.0. The third-order valence-electron chi connectivity index (χ3n) is 2.90. The fourth-order valence-corrected chi connectivity index (χ4v) is 2.01. The lowest BCUT2D eigenvalue weighted by molar-refractivity contribution is -0.125. The number of hydrogen-bond acceptors (Lipinski definition) is 4. The van der Waals surface area contributed by atoms with Gasteiger partial charge in [-0.1, -0.05) is 19.1 Å². The third kappa shape index (κ3) is 5.46. The van der Waals surface area contributed by atoms with E-state index in [9.17, 15) is 13.2 Å². The van der Waals surface area contributed by atoms with Gasteiger partial charge in [-0.15, -0.1) is 12.4 Å². The van der Waals surface area contributed by atoms with E-state index in [1.165, 1.54) is 12.1 Å². The van der Waals surface area contributed by atoms with E-state index < -0.39 is 10.0 Å². The molecular formula is C12H20ClN3O3S. The molecule has 0 heterocycles. The summed E-state index contributed by atoms with van der Waals surface area (Å²) in [7, 11) is -3.73. The van der Waals surface area contributed by atoms with Crippen molar-refractivity contribution in [3.63, 3.8) is 0 Å². The quantitative estimate of drug-likeness (QED) is 0.726. The normalized spacial score (nSPS) is 14.0. The molecule has 0 bridgehead atoms. The number of primary sulfonamides is 1. The topological polar surface area (TPSA) is 115 Å². The summed E-state index contributed by atoms with van der Waals surface area (Å²) in [6.07, 6.45) is 0. The van der Waals surface area contributed by atoms with Crippen LogP contribution in [0.1, 0.15) is 19.4 Å². The van der Waals surface area contributed by atoms with Gasteiger partial charge < -0.3 is 11.1 Å². The van der Waals surface area contributed by atoms with Crippen LogP contribution in [0.5, 0.6) is 0 Å². The molecule has 2 atom stereocenters. The lowest BCUT2D eigenvalue weighted by Crippen LogP contribution is -2.38. The van der Waals surface area contributed by atoms with E-state index in [1.807, 2.05) is 0 Å². The Bertz CT molecular complexity index is 561. The lowest BCUT2D eigenvalue weighted by atomic mass is 10.0. The highest BCUT2D eigenvalue weighted by atomic mass is 35.5. The Morgan fingerprint density at radius 3 is 2.45 bits per heavy atom. The molecule has 114 valence electrons. The van der Waals surface area contributed by atoms with E-state index in [-0.39, 0.29) is 41.7 Å². The van der Waals surface area contributed by atoms with E-state index >= 15 is 0 Å². The van der Waals surface area contributed by atoms with E-state index in [1.54, 1.807) is 26.0 Å². The Labute approximate surface area is 125 Å². The number of nitrogens with two attached hydrogens (primary N) is 2. The van der Waals surface area contributed by atoms with E-state index in [4.69, 9.17) is 10.9 Å². The number of nitrogens with one attached hydrogen (secondary N) is 1. The van der Waals surface area contributed by atoms with Crippen molar-refractivity contribution < 1.29 is 13.2 Å². The van der Waals surface area contributed by atoms with Crippen molar-refractivity contribution in [2.75, 3.05) is 0 Å². The van der Waals surface area contributed by atoms with Gasteiger partial charge in [-0.25, -0.2) is 13.6 Å². The first-order valence-electron chi connectivity index (χ1n) is 5.87. The fraction of sp³-hybridized carbons (Fsp3) is 0.417. The van der Waals surface area contributed by atoms with Crippen LogP contribution in [0.4, 0.5) is 0 Å². The van der Waals surface area contributed by atoms with Crippen molar-refractivity contribution in [1.82, 2.24) is 5.32 Å². The Morgan fingerprint density at radius 2 is 1.95 bits per heavy atom. The molecule has 0 spiro atoms. The van der Waals surface area contributed by atoms with Gasteiger partial charge >= 0.3 is 0 Å². The van der Waals surface area contributed by atoms with Crippen molar-refractivity contribution in [3.8, 4) is 0 Å². The summed E-state index contributed by atoms with van der Waals surface area (Å²) in [5.74, 6) is -0.475. The molecule has 1 aromatic rings. The predicted molar refractivity (Wildman–Crippen MR) is 79.7 cm³/mol. The van der Waals surface area contributed by atoms with Crippen LogP contribution in [0.3, 0.4) is 0 Å². The molecule has 0 saturated carbocycles. The Morgan fingerprint density at radius 1 is 1.35 bits per heavy atom. The molecule has 0 aliphatic heterocycles. The highest BCUT2D eigenvalue weighted by molar-refractivity contribution is 7.89. The molecule has 1 amide bonds. The number of rotatable bonds is 5. The summed E-state index contributed by atoms with van der Waals surface area (Å²) in [6.45, 7) is 3.73. The van der Waals surface area contributed by atoms with Crippen LogP contribution in [0.2, 0.25) is 0 Å². The van der Waals surface area contributed by atoms with Gasteiger partial charge in [0.2, 0.25) is 15.9 Å². The summed E-state index contributed by atoms with van der Waals surface area (Å²) in [5.41, 5.74) is 6.29. The molecule has 6 nitrogen and oxygen atoms in total. The van der Waals surface area contributed by atoms with Crippen molar-refractivity contribution in [1.29, 1.82) is 0 Å². The molecule has 0 radical (unpaired) electrons. The summed E-state index contributed by atoms with van der Waals surface area (Å²) in [6, 6.07) is 5.90. The Hall–Kier alpha value is -1.15. The number of amides is 1. The maximum absolute atomic E-state index is 11.7. The third-order valence-corrected chi connectivity index (χ3v) is 3.81. The number of carbonyl (C=O) groups excluding carboxylic acids is 1. The van der Waals surface area contributed by atoms with Crippen molar-refractivity contribution in [2.24, 2.45) is 16.8 Å². The molecule has 0 aliphatic rings. The molecule has 1 rings (SSSR count). The molecule has 1 aromatic carbocycles. The van der Waals surface area contributed by atoms with Gasteiger partial charge in [0.15, 0.2) is 0 Å². The second kappa shape index (κ2) is 7.58. The monoisotopic (exact) mass is 321 g/mol. The first-order valence-corrected chi connectivity index (χ1v) is 7.41. The average molecular weight is 322 g/mol. The van der Waals surface area contributed by atoms with E-state index in [0.29, 0.717) is 5.56 Å². The van der Waals surface area contributed by atoms with Crippen LogP contribution in [0.25, 0.3) is 0 Å². The summed E-state index contributed by atoms with van der Waals surface area (Å²) in [5, 5.41) is 7.74. The van der Waals surface area contributed by atoms with Crippen molar-refractivity contribution >= 4 is 28.3 Å². The zero-order valence-electron chi connectivity index (χ0n) is 11.4. The van der Waals surface area contributed by atoms with Gasteiger partial charge in [-0.3, -0.25) is 4.79 Å². The van der Waals surface area contributed by atoms with Gasteiger partial charge in [-0.2, -0.15) is 0 Å². The van der Waals surface area contributed by atoms with Crippen LogP contribution in [0.15, 0.2) is 29.2 Å². The van der Waals surface area contributed by atoms with E-state index in [0.717, 1.165) is 0 Å². The second-order valence-corrected chi connectivity index (χ2v) is 6.12. The SMILES string of the molecule is CC(N)C(C)C(=O)NCc1cccc(S(N)(=O)=O)c1.Cl. The van der Waals surface area contributed by atoms with Crippen LogP contribution in [-0.2, 0) is 21.4 Å². The maximum atomic E-state index is 11.7. The van der Waals surface area contributed by atoms with Crippen molar-refractivity contribution in [3.05, 3.63) is 29.8 Å². The molecule has 0 aromatic heterocycles. The Kier molecular flexibility index (Phi) is 7.15. The molecule has 0 saturated heterocycles. The number of halogens is 1. The molecular weight excluding hydrogens is 302 g/mol. The van der Waals surface area contributed by atoms with Gasteiger partial charge in [0.1, 0.15) is 0 Å². The van der Waals surface area contributed by atoms with Gasteiger partial charge in [-0.05, 0) is 24.6 Å². The molecule has 5 N–H and O–H groups in total. The second-order valence-electron chi connectivity index (χ2n) is 4.56. The first-order chi connectivity index (χ1) is 8.71. The lowest BCUT2D eigenvalue weighted by Gasteiger charge is -2.15. The van der Waals surface area contributed by atoms with Crippen LogP contribution < -0.4 is 16.2 Å². The van der Waals surface area contributed by atoms with Gasteiger partial charge in [0.05, 0.1) is 4.90 Å². The van der Waals surface area contributed by atoms with Crippen LogP contribution in [-0.4, -0.2) is 20.4 Å². The Balaban J connectivity index is 0.00000361. The minimum absolute atomic E-state index is 0. The van der Waals surface area contributed by atoms with Crippen LogP contribution in [0, 0.1) is 5.92 Å². The predicted octanol–water partition coefficient (Wildman–Crippen LogP) is 0.355.